The molecule has 5 heteroatoms. The number of hydrogen-bond donors (Lipinski definition) is 3. The molecule has 0 radical (unpaired) electrons. The van der Waals surface area contributed by atoms with Crippen LogP contribution < -0.4 is 5.73 Å². The van der Waals surface area contributed by atoms with Gasteiger partial charge in [0.2, 0.25) is 0 Å². The molecule has 0 heterocycles. The molecule has 0 spiro atoms. The smallest absolute Gasteiger partial charge is 0.156 e. The predicted molar refractivity (Wildman–Crippen MR) is 61.0 cm³/mol. The highest BCUT2D eigenvalue weighted by Gasteiger charge is 2.23. The molecule has 0 aliphatic heterocycles. The largest absolute Gasteiger partial charge is 0.409 e. The van der Waals surface area contributed by atoms with Crippen LogP contribution in [0.5, 0.6) is 0 Å². The minimum atomic E-state index is -0.146. The molecule has 0 aliphatic rings. The molecule has 5 nitrogen and oxygen atoms in total. The van der Waals surface area contributed by atoms with Crippen LogP contribution in [0.4, 0.5) is 0 Å². The second-order valence-corrected chi connectivity index (χ2v) is 3.63. The second kappa shape index (κ2) is 7.48. The summed E-state index contributed by atoms with van der Waals surface area (Å²) in [4.78, 5) is 2.06. The highest BCUT2D eigenvalue weighted by atomic mass is 16.4. The minimum Gasteiger partial charge on any atom is -0.409 e. The lowest BCUT2D eigenvalue weighted by atomic mass is 10.1. The monoisotopic (exact) mass is 217 g/mol. The van der Waals surface area contributed by atoms with Crippen LogP contribution in [0.1, 0.15) is 33.6 Å². The Kier molecular flexibility index (Phi) is 7.07. The summed E-state index contributed by atoms with van der Waals surface area (Å²) in [5.41, 5.74) is 5.57. The topological polar surface area (TPSA) is 82.1 Å². The SMILES string of the molecule is CCC(CC)N(CCO)C(C)C(N)=NO. The summed E-state index contributed by atoms with van der Waals surface area (Å²) in [5.74, 6) is 0.190. The first-order valence-electron chi connectivity index (χ1n) is 5.46. The number of aliphatic hydroxyl groups excluding tert-OH is 1. The number of aliphatic hydroxyl groups is 1. The van der Waals surface area contributed by atoms with E-state index in [9.17, 15) is 0 Å². The van der Waals surface area contributed by atoms with Gasteiger partial charge in [-0.25, -0.2) is 0 Å². The first-order chi connectivity index (χ1) is 7.12. The fraction of sp³-hybridized carbons (Fsp3) is 0.900. The van der Waals surface area contributed by atoms with Gasteiger partial charge in [0.05, 0.1) is 12.6 Å². The van der Waals surface area contributed by atoms with Gasteiger partial charge in [-0.15, -0.1) is 0 Å². The number of nitrogens with zero attached hydrogens (tertiary/aromatic N) is 2. The molecule has 0 aromatic heterocycles. The molecular weight excluding hydrogens is 194 g/mol. The summed E-state index contributed by atoms with van der Waals surface area (Å²) in [5, 5.41) is 20.6. The molecule has 15 heavy (non-hydrogen) atoms. The average molecular weight is 217 g/mol. The van der Waals surface area contributed by atoms with E-state index in [2.05, 4.69) is 23.9 Å². The maximum Gasteiger partial charge on any atom is 0.156 e. The fourth-order valence-corrected chi connectivity index (χ4v) is 1.82. The van der Waals surface area contributed by atoms with Crippen molar-refractivity contribution in [1.82, 2.24) is 4.90 Å². The van der Waals surface area contributed by atoms with Gasteiger partial charge in [0, 0.05) is 12.6 Å². The van der Waals surface area contributed by atoms with Crippen LogP contribution >= 0.6 is 0 Å². The molecule has 90 valence electrons. The van der Waals surface area contributed by atoms with Crippen molar-refractivity contribution in [2.45, 2.75) is 45.7 Å². The van der Waals surface area contributed by atoms with Gasteiger partial charge in [-0.2, -0.15) is 0 Å². The lowest BCUT2D eigenvalue weighted by Crippen LogP contribution is -2.49. The van der Waals surface area contributed by atoms with Crippen molar-refractivity contribution in [2.75, 3.05) is 13.2 Å². The highest BCUT2D eigenvalue weighted by molar-refractivity contribution is 5.84. The first-order valence-corrected chi connectivity index (χ1v) is 5.46. The van der Waals surface area contributed by atoms with E-state index in [-0.39, 0.29) is 18.5 Å². The van der Waals surface area contributed by atoms with Crippen LogP contribution in [0.15, 0.2) is 5.16 Å². The average Bonchev–Trinajstić information content (AvgIpc) is 2.27. The standard InChI is InChI=1S/C10H23N3O2/c1-4-9(5-2)13(6-7-14)8(3)10(11)12-15/h8-9,14-15H,4-7H2,1-3H3,(H2,11,12). The van der Waals surface area contributed by atoms with Gasteiger partial charge >= 0.3 is 0 Å². The van der Waals surface area contributed by atoms with Crippen LogP contribution in [0.2, 0.25) is 0 Å². The van der Waals surface area contributed by atoms with E-state index in [0.717, 1.165) is 12.8 Å². The Hall–Kier alpha value is -0.810. The van der Waals surface area contributed by atoms with E-state index in [1.807, 2.05) is 6.92 Å². The van der Waals surface area contributed by atoms with Crippen molar-refractivity contribution in [1.29, 1.82) is 0 Å². The zero-order valence-corrected chi connectivity index (χ0v) is 9.85. The molecule has 4 N–H and O–H groups in total. The molecule has 0 aliphatic carbocycles. The van der Waals surface area contributed by atoms with Crippen molar-refractivity contribution in [3.05, 3.63) is 0 Å². The van der Waals surface area contributed by atoms with Crippen molar-refractivity contribution < 1.29 is 10.3 Å². The normalized spacial score (nSPS) is 14.9. The van der Waals surface area contributed by atoms with Gasteiger partial charge in [-0.1, -0.05) is 19.0 Å². The summed E-state index contributed by atoms with van der Waals surface area (Å²) in [6.07, 6.45) is 1.97. The molecule has 0 fully saturated rings. The van der Waals surface area contributed by atoms with Gasteiger partial charge in [0.1, 0.15) is 0 Å². The molecular formula is C10H23N3O2. The maximum absolute atomic E-state index is 9.00. The summed E-state index contributed by atoms with van der Waals surface area (Å²) in [7, 11) is 0. The predicted octanol–water partition coefficient (Wildman–Crippen LogP) is 0.604. The van der Waals surface area contributed by atoms with Crippen LogP contribution in [-0.4, -0.2) is 46.3 Å². The third kappa shape index (κ3) is 4.05. The maximum atomic E-state index is 9.00. The zero-order valence-electron chi connectivity index (χ0n) is 9.85. The Morgan fingerprint density at radius 2 is 1.93 bits per heavy atom. The number of nitrogens with two attached hydrogens (primary N) is 1. The van der Waals surface area contributed by atoms with Gasteiger partial charge < -0.3 is 16.0 Å². The molecule has 1 unspecified atom stereocenters. The highest BCUT2D eigenvalue weighted by Crippen LogP contribution is 2.12. The molecule has 0 saturated heterocycles. The lowest BCUT2D eigenvalue weighted by Gasteiger charge is -2.34. The molecule has 0 aromatic rings. The minimum absolute atomic E-state index is 0.0829. The molecule has 0 rings (SSSR count). The van der Waals surface area contributed by atoms with Crippen LogP contribution in [-0.2, 0) is 0 Å². The Morgan fingerprint density at radius 3 is 2.27 bits per heavy atom. The molecule has 0 amide bonds. The van der Waals surface area contributed by atoms with Crippen LogP contribution in [0.3, 0.4) is 0 Å². The van der Waals surface area contributed by atoms with Crippen LogP contribution in [0, 0.1) is 0 Å². The Balaban J connectivity index is 4.62. The summed E-state index contributed by atoms with van der Waals surface area (Å²) >= 11 is 0. The van der Waals surface area contributed by atoms with E-state index in [1.54, 1.807) is 0 Å². The van der Waals surface area contributed by atoms with Gasteiger partial charge in [0.15, 0.2) is 5.84 Å². The van der Waals surface area contributed by atoms with E-state index in [0.29, 0.717) is 12.6 Å². The van der Waals surface area contributed by atoms with Crippen molar-refractivity contribution >= 4 is 5.84 Å². The zero-order chi connectivity index (χ0) is 11.8. The lowest BCUT2D eigenvalue weighted by molar-refractivity contribution is 0.128. The number of rotatable bonds is 7. The Labute approximate surface area is 91.6 Å². The quantitative estimate of drug-likeness (QED) is 0.252. The summed E-state index contributed by atoms with van der Waals surface area (Å²) < 4.78 is 0. The Bertz CT molecular complexity index is 193. The summed E-state index contributed by atoms with van der Waals surface area (Å²) in [6.45, 7) is 6.70. The fourth-order valence-electron chi connectivity index (χ4n) is 1.82. The number of amidine groups is 1. The third-order valence-corrected chi connectivity index (χ3v) is 2.81. The molecule has 1 atom stereocenters. The van der Waals surface area contributed by atoms with Gasteiger partial charge in [0.25, 0.3) is 0 Å². The number of hydrogen-bond acceptors (Lipinski definition) is 4. The van der Waals surface area contributed by atoms with Gasteiger partial charge in [-0.3, -0.25) is 4.90 Å². The Morgan fingerprint density at radius 1 is 1.40 bits per heavy atom. The van der Waals surface area contributed by atoms with Crippen molar-refractivity contribution in [2.24, 2.45) is 10.9 Å². The van der Waals surface area contributed by atoms with Crippen molar-refractivity contribution in [3.8, 4) is 0 Å². The third-order valence-electron chi connectivity index (χ3n) is 2.81. The molecule has 0 saturated carbocycles. The van der Waals surface area contributed by atoms with Gasteiger partial charge in [-0.05, 0) is 19.8 Å². The first kappa shape index (κ1) is 14.2. The molecule has 0 bridgehead atoms. The van der Waals surface area contributed by atoms with Crippen molar-refractivity contribution in [3.63, 3.8) is 0 Å². The van der Waals surface area contributed by atoms with E-state index >= 15 is 0 Å². The van der Waals surface area contributed by atoms with E-state index < -0.39 is 0 Å². The van der Waals surface area contributed by atoms with E-state index in [4.69, 9.17) is 16.0 Å². The summed E-state index contributed by atoms with van der Waals surface area (Å²) in [6, 6.07) is 0.208. The molecule has 0 aromatic carbocycles. The van der Waals surface area contributed by atoms with E-state index in [1.165, 1.54) is 0 Å². The second-order valence-electron chi connectivity index (χ2n) is 3.63. The number of oxime groups is 1. The van der Waals surface area contributed by atoms with Crippen LogP contribution in [0.25, 0.3) is 0 Å².